The second kappa shape index (κ2) is 7.59. The fourth-order valence-corrected chi connectivity index (χ4v) is 2.53. The van der Waals surface area contributed by atoms with Gasteiger partial charge in [0.2, 0.25) is 0 Å². The van der Waals surface area contributed by atoms with E-state index in [1.807, 2.05) is 25.3 Å². The first-order valence-electron chi connectivity index (χ1n) is 7.67. The van der Waals surface area contributed by atoms with E-state index in [0.29, 0.717) is 11.1 Å². The Labute approximate surface area is 140 Å². The smallest absolute Gasteiger partial charge is 0.340 e. The van der Waals surface area contributed by atoms with E-state index in [9.17, 15) is 14.4 Å². The van der Waals surface area contributed by atoms with Gasteiger partial charge in [0.25, 0.3) is 11.8 Å². The molecule has 1 N–H and O–H groups in total. The van der Waals surface area contributed by atoms with Crippen LogP contribution in [0.3, 0.4) is 0 Å². The Kier molecular flexibility index (Phi) is 5.52. The van der Waals surface area contributed by atoms with Crippen molar-refractivity contribution in [2.45, 2.75) is 27.3 Å². The van der Waals surface area contributed by atoms with E-state index in [1.165, 1.54) is 0 Å². The number of imide groups is 1. The normalized spacial score (nSPS) is 10.3. The molecule has 0 saturated carbocycles. The molecule has 0 saturated heterocycles. The van der Waals surface area contributed by atoms with Crippen LogP contribution in [0.25, 0.3) is 0 Å². The molecule has 24 heavy (non-hydrogen) atoms. The van der Waals surface area contributed by atoms with Crippen LogP contribution in [-0.4, -0.2) is 29.0 Å². The van der Waals surface area contributed by atoms with E-state index in [4.69, 9.17) is 4.74 Å². The first kappa shape index (κ1) is 17.5. The number of carbonyl (C=O) groups excluding carboxylic acids is 3. The van der Waals surface area contributed by atoms with Gasteiger partial charge in [-0.1, -0.05) is 18.2 Å². The van der Waals surface area contributed by atoms with Crippen molar-refractivity contribution in [1.82, 2.24) is 9.88 Å². The zero-order valence-corrected chi connectivity index (χ0v) is 14.0. The molecule has 6 heteroatoms. The predicted octanol–water partition coefficient (Wildman–Crippen LogP) is 2.24. The summed E-state index contributed by atoms with van der Waals surface area (Å²) >= 11 is 0. The van der Waals surface area contributed by atoms with Crippen LogP contribution >= 0.6 is 0 Å². The van der Waals surface area contributed by atoms with E-state index >= 15 is 0 Å². The summed E-state index contributed by atoms with van der Waals surface area (Å²) in [6.07, 6.45) is 0. The first-order valence-corrected chi connectivity index (χ1v) is 7.67. The highest BCUT2D eigenvalue weighted by molar-refractivity contribution is 6.05. The monoisotopic (exact) mass is 328 g/mol. The van der Waals surface area contributed by atoms with Crippen molar-refractivity contribution in [2.75, 3.05) is 6.61 Å². The molecule has 126 valence electrons. The second-order valence-electron chi connectivity index (χ2n) is 5.35. The van der Waals surface area contributed by atoms with Crippen molar-refractivity contribution in [2.24, 2.45) is 0 Å². The molecule has 0 aliphatic heterocycles. The van der Waals surface area contributed by atoms with Gasteiger partial charge in [-0.3, -0.25) is 14.9 Å². The van der Waals surface area contributed by atoms with Crippen molar-refractivity contribution in [1.29, 1.82) is 0 Å². The molecule has 6 nitrogen and oxygen atoms in total. The van der Waals surface area contributed by atoms with Crippen LogP contribution in [0.2, 0.25) is 0 Å². The van der Waals surface area contributed by atoms with Crippen molar-refractivity contribution in [3.05, 3.63) is 58.9 Å². The Bertz CT molecular complexity index is 763. The Morgan fingerprint density at radius 3 is 2.38 bits per heavy atom. The summed E-state index contributed by atoms with van der Waals surface area (Å²) in [6.45, 7) is 5.95. The van der Waals surface area contributed by atoms with Gasteiger partial charge in [0.05, 0.1) is 5.56 Å². The number of hydrogen-bond donors (Lipinski definition) is 1. The molecule has 2 aromatic rings. The van der Waals surface area contributed by atoms with Crippen LogP contribution in [0, 0.1) is 13.8 Å². The van der Waals surface area contributed by atoms with Gasteiger partial charge in [0, 0.05) is 23.5 Å². The van der Waals surface area contributed by atoms with Crippen LogP contribution < -0.4 is 5.32 Å². The van der Waals surface area contributed by atoms with Gasteiger partial charge in [-0.05, 0) is 39.0 Å². The molecule has 0 spiro atoms. The van der Waals surface area contributed by atoms with Gasteiger partial charge < -0.3 is 9.30 Å². The molecule has 1 aromatic heterocycles. The summed E-state index contributed by atoms with van der Waals surface area (Å²) in [5, 5.41) is 2.19. The number of nitrogens with zero attached hydrogens (tertiary/aromatic N) is 1. The maximum Gasteiger partial charge on any atom is 0.340 e. The third kappa shape index (κ3) is 3.90. The molecule has 1 heterocycles. The molecule has 0 fully saturated rings. The molecule has 1 aromatic carbocycles. The van der Waals surface area contributed by atoms with Crippen LogP contribution in [0.1, 0.15) is 39.0 Å². The number of nitrogens with one attached hydrogen (secondary N) is 1. The minimum Gasteiger partial charge on any atom is -0.452 e. The first-order chi connectivity index (χ1) is 11.4. The zero-order valence-electron chi connectivity index (χ0n) is 14.0. The van der Waals surface area contributed by atoms with Crippen LogP contribution in [-0.2, 0) is 16.1 Å². The molecular formula is C18H20N2O4. The maximum absolute atomic E-state index is 12.1. The zero-order chi connectivity index (χ0) is 17.7. The number of benzene rings is 1. The molecule has 0 aliphatic carbocycles. The lowest BCUT2D eigenvalue weighted by Crippen LogP contribution is -2.34. The molecular weight excluding hydrogens is 308 g/mol. The van der Waals surface area contributed by atoms with Crippen LogP contribution in [0.4, 0.5) is 0 Å². The Balaban J connectivity index is 1.92. The molecule has 0 atom stereocenters. The molecule has 2 amide bonds. The Morgan fingerprint density at radius 2 is 1.79 bits per heavy atom. The Morgan fingerprint density at radius 1 is 1.12 bits per heavy atom. The number of carbonyl (C=O) groups is 3. The van der Waals surface area contributed by atoms with E-state index < -0.39 is 24.4 Å². The second-order valence-corrected chi connectivity index (χ2v) is 5.35. The van der Waals surface area contributed by atoms with E-state index in [0.717, 1.165) is 17.9 Å². The average molecular weight is 328 g/mol. The van der Waals surface area contributed by atoms with Gasteiger partial charge >= 0.3 is 5.97 Å². The third-order valence-corrected chi connectivity index (χ3v) is 3.73. The number of hydrogen-bond acceptors (Lipinski definition) is 4. The lowest BCUT2D eigenvalue weighted by Gasteiger charge is -2.07. The number of aromatic nitrogens is 1. The number of ether oxygens (including phenoxy) is 1. The van der Waals surface area contributed by atoms with Crippen molar-refractivity contribution >= 4 is 17.8 Å². The molecule has 0 radical (unpaired) electrons. The van der Waals surface area contributed by atoms with Crippen molar-refractivity contribution in [3.8, 4) is 0 Å². The summed E-state index contributed by atoms with van der Waals surface area (Å²) in [6, 6.07) is 10.1. The maximum atomic E-state index is 12.1. The minimum atomic E-state index is -0.665. The van der Waals surface area contributed by atoms with Crippen LogP contribution in [0.15, 0.2) is 36.4 Å². The third-order valence-electron chi connectivity index (χ3n) is 3.73. The van der Waals surface area contributed by atoms with Crippen molar-refractivity contribution in [3.63, 3.8) is 0 Å². The minimum absolute atomic E-state index is 0.365. The van der Waals surface area contributed by atoms with Gasteiger partial charge in [0.1, 0.15) is 0 Å². The molecule has 0 aliphatic rings. The van der Waals surface area contributed by atoms with Gasteiger partial charge in [0.15, 0.2) is 6.61 Å². The molecule has 0 bridgehead atoms. The van der Waals surface area contributed by atoms with Gasteiger partial charge in [-0.15, -0.1) is 0 Å². The van der Waals surface area contributed by atoms with Gasteiger partial charge in [-0.25, -0.2) is 4.79 Å². The predicted molar refractivity (Wildman–Crippen MR) is 88.8 cm³/mol. The highest BCUT2D eigenvalue weighted by atomic mass is 16.5. The van der Waals surface area contributed by atoms with E-state index in [-0.39, 0.29) is 0 Å². The fourth-order valence-electron chi connectivity index (χ4n) is 2.53. The van der Waals surface area contributed by atoms with Gasteiger partial charge in [-0.2, -0.15) is 0 Å². The van der Waals surface area contributed by atoms with Crippen molar-refractivity contribution < 1.29 is 19.1 Å². The largest absolute Gasteiger partial charge is 0.452 e. The van der Waals surface area contributed by atoms with Crippen LogP contribution in [0.5, 0.6) is 0 Å². The number of esters is 1. The number of amides is 2. The summed E-state index contributed by atoms with van der Waals surface area (Å²) in [5.74, 6) is -1.77. The topological polar surface area (TPSA) is 77.4 Å². The Hall–Kier alpha value is -2.89. The highest BCUT2D eigenvalue weighted by Crippen LogP contribution is 2.15. The summed E-state index contributed by atoms with van der Waals surface area (Å²) in [5.41, 5.74) is 2.53. The SMILES string of the molecule is CCn1c(C)cc(C(=O)OCC(=O)NC(=O)c2ccccc2)c1C. The average Bonchev–Trinajstić information content (AvgIpc) is 2.87. The lowest BCUT2D eigenvalue weighted by molar-refractivity contribution is -0.123. The highest BCUT2D eigenvalue weighted by Gasteiger charge is 2.18. The number of rotatable bonds is 5. The van der Waals surface area contributed by atoms with E-state index in [1.54, 1.807) is 36.4 Å². The fraction of sp³-hybridized carbons (Fsp3) is 0.278. The summed E-state index contributed by atoms with van der Waals surface area (Å²) < 4.78 is 6.99. The standard InChI is InChI=1S/C18H20N2O4/c1-4-20-12(2)10-15(13(20)3)18(23)24-11-16(21)19-17(22)14-8-6-5-7-9-14/h5-10H,4,11H2,1-3H3,(H,19,21,22). The van der Waals surface area contributed by atoms with E-state index in [2.05, 4.69) is 5.32 Å². The molecule has 2 rings (SSSR count). The lowest BCUT2D eigenvalue weighted by atomic mass is 10.2. The molecule has 0 unspecified atom stereocenters. The quantitative estimate of drug-likeness (QED) is 0.854. The summed E-state index contributed by atoms with van der Waals surface area (Å²) in [4.78, 5) is 35.7. The number of aryl methyl sites for hydroxylation is 1. The summed E-state index contributed by atoms with van der Waals surface area (Å²) in [7, 11) is 0.